The first kappa shape index (κ1) is 25.2. The van der Waals surface area contributed by atoms with Gasteiger partial charge in [0.05, 0.1) is 5.02 Å². The number of ether oxygens (including phenoxy) is 2. The van der Waals surface area contributed by atoms with Crippen molar-refractivity contribution in [2.45, 2.75) is 90.9 Å². The first-order chi connectivity index (χ1) is 15.1. The molecule has 0 N–H and O–H groups in total. The van der Waals surface area contributed by atoms with Crippen LogP contribution < -0.4 is 9.47 Å². The molecule has 0 unspecified atom stereocenters. The predicted molar refractivity (Wildman–Crippen MR) is 127 cm³/mol. The lowest BCUT2D eigenvalue weighted by molar-refractivity contribution is -0.135. The Morgan fingerprint density at radius 2 is 1.26 bits per heavy atom. The van der Waals surface area contributed by atoms with Crippen molar-refractivity contribution in [2.75, 3.05) is 0 Å². The average molecular weight is 447 g/mol. The molecule has 0 bridgehead atoms. The van der Waals surface area contributed by atoms with Gasteiger partial charge in [0.15, 0.2) is 5.75 Å². The molecule has 5 heteroatoms. The highest BCUT2D eigenvalue weighted by Crippen LogP contribution is 2.40. The van der Waals surface area contributed by atoms with Gasteiger partial charge in [-0.2, -0.15) is 0 Å². The number of esters is 2. The van der Waals surface area contributed by atoms with Gasteiger partial charge in [0.25, 0.3) is 0 Å². The lowest BCUT2D eigenvalue weighted by atomic mass is 10.1. The fraction of sp³-hybridized carbons (Fsp3) is 0.538. The van der Waals surface area contributed by atoms with Gasteiger partial charge in [-0.05, 0) is 12.8 Å². The fourth-order valence-corrected chi connectivity index (χ4v) is 3.79. The zero-order valence-electron chi connectivity index (χ0n) is 18.9. The number of hydrogen-bond acceptors (Lipinski definition) is 4. The van der Waals surface area contributed by atoms with Gasteiger partial charge in [0.1, 0.15) is 5.75 Å². The van der Waals surface area contributed by atoms with Crippen molar-refractivity contribution >= 4 is 34.3 Å². The Morgan fingerprint density at radius 3 is 1.84 bits per heavy atom. The van der Waals surface area contributed by atoms with E-state index in [2.05, 4.69) is 13.8 Å². The zero-order valence-corrected chi connectivity index (χ0v) is 19.6. The Morgan fingerprint density at radius 1 is 0.742 bits per heavy atom. The maximum Gasteiger partial charge on any atom is 0.311 e. The number of carbonyl (C=O) groups is 2. The molecular weight excluding hydrogens is 412 g/mol. The number of fused-ring (bicyclic) bond motifs is 1. The molecule has 0 radical (unpaired) electrons. The van der Waals surface area contributed by atoms with Crippen LogP contribution in [-0.2, 0) is 9.59 Å². The van der Waals surface area contributed by atoms with E-state index in [-0.39, 0.29) is 17.0 Å². The number of halogens is 1. The molecule has 0 fully saturated rings. The molecule has 0 atom stereocenters. The summed E-state index contributed by atoms with van der Waals surface area (Å²) in [6.07, 6.45) is 11.4. The van der Waals surface area contributed by atoms with E-state index in [1.807, 2.05) is 24.3 Å². The van der Waals surface area contributed by atoms with Crippen LogP contribution in [0, 0.1) is 0 Å². The van der Waals surface area contributed by atoms with Crippen LogP contribution in [0.4, 0.5) is 0 Å². The quantitative estimate of drug-likeness (QED) is 0.167. The second-order valence-corrected chi connectivity index (χ2v) is 8.42. The number of rotatable bonds is 14. The number of carbonyl (C=O) groups excluding carboxylic acids is 2. The Hall–Kier alpha value is -2.07. The summed E-state index contributed by atoms with van der Waals surface area (Å²) in [5.41, 5.74) is 0. The van der Waals surface area contributed by atoms with E-state index in [4.69, 9.17) is 21.1 Å². The summed E-state index contributed by atoms with van der Waals surface area (Å²) in [5, 5.41) is 1.64. The molecule has 0 aliphatic rings. The van der Waals surface area contributed by atoms with Crippen molar-refractivity contribution in [3.05, 3.63) is 35.4 Å². The largest absolute Gasteiger partial charge is 0.426 e. The van der Waals surface area contributed by atoms with Crippen molar-refractivity contribution in [3.8, 4) is 11.5 Å². The molecule has 0 aromatic heterocycles. The topological polar surface area (TPSA) is 52.6 Å². The molecular formula is C26H35ClO4. The van der Waals surface area contributed by atoms with Crippen LogP contribution in [0.5, 0.6) is 11.5 Å². The molecule has 0 aliphatic carbocycles. The van der Waals surface area contributed by atoms with E-state index in [0.717, 1.165) is 38.5 Å². The minimum atomic E-state index is -0.291. The van der Waals surface area contributed by atoms with Gasteiger partial charge in [-0.1, -0.05) is 101 Å². The highest BCUT2D eigenvalue weighted by molar-refractivity contribution is 6.33. The molecule has 0 saturated carbocycles. The minimum absolute atomic E-state index is 0.267. The summed E-state index contributed by atoms with van der Waals surface area (Å²) in [7, 11) is 0. The molecule has 170 valence electrons. The Labute approximate surface area is 191 Å². The number of unbranched alkanes of at least 4 members (excludes halogenated alkanes) is 8. The third kappa shape index (κ3) is 8.53. The van der Waals surface area contributed by atoms with Crippen molar-refractivity contribution in [1.82, 2.24) is 0 Å². The van der Waals surface area contributed by atoms with Gasteiger partial charge in [-0.15, -0.1) is 0 Å². The maximum absolute atomic E-state index is 12.3. The van der Waals surface area contributed by atoms with E-state index in [1.165, 1.54) is 25.7 Å². The van der Waals surface area contributed by atoms with Gasteiger partial charge in [-0.3, -0.25) is 9.59 Å². The Kier molecular flexibility index (Phi) is 11.4. The second-order valence-electron chi connectivity index (χ2n) is 8.01. The van der Waals surface area contributed by atoms with E-state index in [9.17, 15) is 9.59 Å². The van der Waals surface area contributed by atoms with Gasteiger partial charge in [0, 0.05) is 29.7 Å². The molecule has 2 aromatic rings. The first-order valence-corrected chi connectivity index (χ1v) is 12.1. The zero-order chi connectivity index (χ0) is 22.5. The molecule has 0 aliphatic heterocycles. The normalized spacial score (nSPS) is 10.9. The van der Waals surface area contributed by atoms with E-state index < -0.39 is 0 Å². The predicted octanol–water partition coefficient (Wildman–Crippen LogP) is 8.03. The van der Waals surface area contributed by atoms with Crippen LogP contribution in [0.15, 0.2) is 30.3 Å². The SMILES string of the molecule is CCCCCCCC(=O)Oc1cc(Cl)c(OC(=O)CCCCCCC)c2ccccc12. The average Bonchev–Trinajstić information content (AvgIpc) is 2.76. The molecule has 0 saturated heterocycles. The summed E-state index contributed by atoms with van der Waals surface area (Å²) in [6, 6.07) is 8.95. The standard InChI is InChI=1S/C26H35ClO4/c1-3-5-7-9-11-17-24(28)30-23-19-22(27)26(21-16-14-13-15-20(21)23)31-25(29)18-12-10-8-6-4-2/h13-16,19H,3-12,17-18H2,1-2H3. The van der Waals surface area contributed by atoms with E-state index >= 15 is 0 Å². The lowest BCUT2D eigenvalue weighted by Gasteiger charge is -2.14. The highest BCUT2D eigenvalue weighted by Gasteiger charge is 2.17. The first-order valence-electron chi connectivity index (χ1n) is 11.7. The molecule has 0 spiro atoms. The number of hydrogen-bond donors (Lipinski definition) is 0. The Bertz CT molecular complexity index is 847. The minimum Gasteiger partial charge on any atom is -0.426 e. The van der Waals surface area contributed by atoms with E-state index in [1.54, 1.807) is 6.07 Å². The summed E-state index contributed by atoms with van der Waals surface area (Å²) in [5.74, 6) is 0.170. The third-order valence-electron chi connectivity index (χ3n) is 5.32. The monoisotopic (exact) mass is 446 g/mol. The maximum atomic E-state index is 12.3. The van der Waals surface area contributed by atoms with Crippen LogP contribution in [-0.4, -0.2) is 11.9 Å². The van der Waals surface area contributed by atoms with Gasteiger partial charge >= 0.3 is 11.9 Å². The lowest BCUT2D eigenvalue weighted by Crippen LogP contribution is -2.10. The van der Waals surface area contributed by atoms with Crippen molar-refractivity contribution in [1.29, 1.82) is 0 Å². The summed E-state index contributed by atoms with van der Waals surface area (Å²) >= 11 is 6.43. The second kappa shape index (κ2) is 14.1. The smallest absolute Gasteiger partial charge is 0.311 e. The van der Waals surface area contributed by atoms with Crippen LogP contribution >= 0.6 is 11.6 Å². The van der Waals surface area contributed by atoms with Crippen LogP contribution in [0.3, 0.4) is 0 Å². The molecule has 2 aromatic carbocycles. The third-order valence-corrected chi connectivity index (χ3v) is 5.60. The van der Waals surface area contributed by atoms with Gasteiger partial charge < -0.3 is 9.47 Å². The van der Waals surface area contributed by atoms with Crippen LogP contribution in [0.1, 0.15) is 90.9 Å². The fourth-order valence-electron chi connectivity index (χ4n) is 3.56. The highest BCUT2D eigenvalue weighted by atomic mass is 35.5. The molecule has 0 amide bonds. The van der Waals surface area contributed by atoms with Crippen molar-refractivity contribution < 1.29 is 19.1 Å². The summed E-state index contributed by atoms with van der Waals surface area (Å²) < 4.78 is 11.2. The van der Waals surface area contributed by atoms with Crippen LogP contribution in [0.25, 0.3) is 10.8 Å². The summed E-state index contributed by atoms with van der Waals surface area (Å²) in [4.78, 5) is 24.6. The summed E-state index contributed by atoms with van der Waals surface area (Å²) in [6.45, 7) is 4.33. The van der Waals surface area contributed by atoms with Crippen molar-refractivity contribution in [2.24, 2.45) is 0 Å². The van der Waals surface area contributed by atoms with Gasteiger partial charge in [0.2, 0.25) is 0 Å². The molecule has 31 heavy (non-hydrogen) atoms. The van der Waals surface area contributed by atoms with Crippen molar-refractivity contribution in [3.63, 3.8) is 0 Å². The Balaban J connectivity index is 2.04. The van der Waals surface area contributed by atoms with Gasteiger partial charge in [-0.25, -0.2) is 0 Å². The molecule has 2 rings (SSSR count). The van der Waals surface area contributed by atoms with E-state index in [0.29, 0.717) is 35.1 Å². The molecule has 0 heterocycles. The van der Waals surface area contributed by atoms with Crippen LogP contribution in [0.2, 0.25) is 5.02 Å². The molecule has 4 nitrogen and oxygen atoms in total. The number of benzene rings is 2.